The molecule has 0 amide bonds. The summed E-state index contributed by atoms with van der Waals surface area (Å²) >= 11 is 0. The Morgan fingerprint density at radius 1 is 1.00 bits per heavy atom. The van der Waals surface area contributed by atoms with Crippen LogP contribution in [-0.4, -0.2) is 9.97 Å². The molecule has 2 aromatic heterocycles. The molecule has 1 aliphatic carbocycles. The highest BCUT2D eigenvalue weighted by Crippen LogP contribution is 2.44. The molecule has 0 bridgehead atoms. The lowest BCUT2D eigenvalue weighted by Gasteiger charge is -2.37. The van der Waals surface area contributed by atoms with Crippen LogP contribution < -0.4 is 0 Å². The van der Waals surface area contributed by atoms with E-state index in [0.717, 1.165) is 18.3 Å². The molecule has 0 spiro atoms. The molecule has 1 aliphatic rings. The number of aromatic nitrogens is 2. The van der Waals surface area contributed by atoms with Crippen LogP contribution in [0.2, 0.25) is 0 Å². The Kier molecular flexibility index (Phi) is 3.87. The maximum atomic E-state index is 4.24. The van der Waals surface area contributed by atoms with Gasteiger partial charge in [0, 0.05) is 24.8 Å². The molecule has 0 aromatic carbocycles. The molecule has 2 aromatic rings. The normalized spacial score (nSPS) is 21.9. The number of nitrogens with zero attached hydrogens (tertiary/aromatic N) is 2. The maximum absolute atomic E-state index is 4.24. The summed E-state index contributed by atoms with van der Waals surface area (Å²) in [4.78, 5) is 8.41. The summed E-state index contributed by atoms with van der Waals surface area (Å²) in [5, 5.41) is 0. The van der Waals surface area contributed by atoms with E-state index in [1.165, 1.54) is 36.8 Å². The van der Waals surface area contributed by atoms with Gasteiger partial charge in [0.25, 0.3) is 0 Å². The molecule has 3 rings (SSSR count). The van der Waals surface area contributed by atoms with E-state index < -0.39 is 0 Å². The summed E-state index contributed by atoms with van der Waals surface area (Å²) in [6, 6.07) is 8.48. The second-order valence-electron chi connectivity index (χ2n) is 5.48. The first-order chi connectivity index (χ1) is 9.43. The molecule has 1 saturated carbocycles. The van der Waals surface area contributed by atoms with Crippen molar-refractivity contribution in [3.05, 3.63) is 60.2 Å². The molecule has 0 aliphatic heterocycles. The number of aryl methyl sites for hydroxylation is 1. The summed E-state index contributed by atoms with van der Waals surface area (Å²) in [6.45, 7) is 0. The minimum atomic E-state index is 0.752. The molecule has 2 atom stereocenters. The first-order valence-corrected chi connectivity index (χ1v) is 7.22. The van der Waals surface area contributed by atoms with Gasteiger partial charge in [-0.3, -0.25) is 9.97 Å². The third kappa shape index (κ3) is 3.01. The van der Waals surface area contributed by atoms with Crippen LogP contribution in [0.15, 0.2) is 49.1 Å². The SMILES string of the molecule is c1cncc(CCCC2CCC2c2cccnc2)c1. The van der Waals surface area contributed by atoms with Gasteiger partial charge in [-0.05, 0) is 67.2 Å². The van der Waals surface area contributed by atoms with Crippen LogP contribution in [0.25, 0.3) is 0 Å². The Hall–Kier alpha value is -1.70. The van der Waals surface area contributed by atoms with Gasteiger partial charge < -0.3 is 0 Å². The van der Waals surface area contributed by atoms with Crippen LogP contribution in [0.4, 0.5) is 0 Å². The molecule has 2 nitrogen and oxygen atoms in total. The average molecular weight is 252 g/mol. The fourth-order valence-electron chi connectivity index (χ4n) is 3.06. The molecule has 19 heavy (non-hydrogen) atoms. The van der Waals surface area contributed by atoms with Crippen molar-refractivity contribution in [1.82, 2.24) is 9.97 Å². The second kappa shape index (κ2) is 5.96. The van der Waals surface area contributed by atoms with E-state index in [9.17, 15) is 0 Å². The van der Waals surface area contributed by atoms with E-state index in [1.807, 2.05) is 30.9 Å². The van der Waals surface area contributed by atoms with E-state index >= 15 is 0 Å². The highest BCUT2D eigenvalue weighted by atomic mass is 14.6. The van der Waals surface area contributed by atoms with Gasteiger partial charge in [0.2, 0.25) is 0 Å². The topological polar surface area (TPSA) is 25.8 Å². The van der Waals surface area contributed by atoms with Crippen molar-refractivity contribution < 1.29 is 0 Å². The summed E-state index contributed by atoms with van der Waals surface area (Å²) in [6.07, 6.45) is 14.2. The van der Waals surface area contributed by atoms with Crippen molar-refractivity contribution in [2.24, 2.45) is 5.92 Å². The van der Waals surface area contributed by atoms with E-state index in [1.54, 1.807) is 0 Å². The van der Waals surface area contributed by atoms with Crippen molar-refractivity contribution >= 4 is 0 Å². The minimum absolute atomic E-state index is 0.752. The zero-order valence-corrected chi connectivity index (χ0v) is 11.2. The largest absolute Gasteiger partial charge is 0.264 e. The summed E-state index contributed by atoms with van der Waals surface area (Å²) in [5.41, 5.74) is 2.79. The quantitative estimate of drug-likeness (QED) is 0.804. The Labute approximate surface area is 114 Å². The third-order valence-electron chi connectivity index (χ3n) is 4.29. The molecular formula is C17H20N2. The lowest BCUT2D eigenvalue weighted by Crippen LogP contribution is -2.24. The van der Waals surface area contributed by atoms with Gasteiger partial charge in [-0.2, -0.15) is 0 Å². The van der Waals surface area contributed by atoms with Gasteiger partial charge in [-0.15, -0.1) is 0 Å². The molecule has 0 radical (unpaired) electrons. The molecule has 2 unspecified atom stereocenters. The molecule has 98 valence electrons. The van der Waals surface area contributed by atoms with Crippen molar-refractivity contribution in [2.75, 3.05) is 0 Å². The minimum Gasteiger partial charge on any atom is -0.264 e. The van der Waals surface area contributed by atoms with Gasteiger partial charge in [0.05, 0.1) is 0 Å². The van der Waals surface area contributed by atoms with Gasteiger partial charge in [-0.25, -0.2) is 0 Å². The second-order valence-corrected chi connectivity index (χ2v) is 5.48. The highest BCUT2D eigenvalue weighted by molar-refractivity contribution is 5.18. The highest BCUT2D eigenvalue weighted by Gasteiger charge is 2.31. The van der Waals surface area contributed by atoms with Crippen molar-refractivity contribution in [1.29, 1.82) is 0 Å². The predicted molar refractivity (Wildman–Crippen MR) is 76.9 cm³/mol. The fourth-order valence-corrected chi connectivity index (χ4v) is 3.06. The van der Waals surface area contributed by atoms with E-state index in [-0.39, 0.29) is 0 Å². The summed E-state index contributed by atoms with van der Waals surface area (Å²) in [7, 11) is 0. The Morgan fingerprint density at radius 2 is 1.84 bits per heavy atom. The molecular weight excluding hydrogens is 232 g/mol. The van der Waals surface area contributed by atoms with Crippen LogP contribution in [0.1, 0.15) is 42.7 Å². The van der Waals surface area contributed by atoms with Gasteiger partial charge >= 0.3 is 0 Å². The Morgan fingerprint density at radius 3 is 2.47 bits per heavy atom. The van der Waals surface area contributed by atoms with Crippen LogP contribution in [0.5, 0.6) is 0 Å². The standard InChI is InChI=1S/C17H20N2/c1(4-14-5-2-10-18-12-14)6-15-8-9-17(15)16-7-3-11-19-13-16/h2-3,5,7,10-13,15,17H,1,4,6,8-9H2. The first kappa shape index (κ1) is 12.3. The Bertz CT molecular complexity index is 495. The van der Waals surface area contributed by atoms with Crippen molar-refractivity contribution in [3.63, 3.8) is 0 Å². The first-order valence-electron chi connectivity index (χ1n) is 7.22. The summed E-state index contributed by atoms with van der Waals surface area (Å²) < 4.78 is 0. The third-order valence-corrected chi connectivity index (χ3v) is 4.29. The zero-order chi connectivity index (χ0) is 12.9. The average Bonchev–Trinajstić information content (AvgIpc) is 2.45. The van der Waals surface area contributed by atoms with Crippen LogP contribution in [0.3, 0.4) is 0 Å². The molecule has 0 saturated heterocycles. The van der Waals surface area contributed by atoms with Gasteiger partial charge in [0.1, 0.15) is 0 Å². The van der Waals surface area contributed by atoms with E-state index in [0.29, 0.717) is 0 Å². The fraction of sp³-hybridized carbons (Fsp3) is 0.412. The van der Waals surface area contributed by atoms with Crippen LogP contribution >= 0.6 is 0 Å². The summed E-state index contributed by atoms with van der Waals surface area (Å²) in [5.74, 6) is 1.61. The monoisotopic (exact) mass is 252 g/mol. The number of hydrogen-bond donors (Lipinski definition) is 0. The lowest BCUT2D eigenvalue weighted by atomic mass is 9.68. The number of pyridine rings is 2. The van der Waals surface area contributed by atoms with E-state index in [2.05, 4.69) is 28.2 Å². The van der Waals surface area contributed by atoms with Crippen molar-refractivity contribution in [2.45, 2.75) is 38.0 Å². The molecule has 0 N–H and O–H groups in total. The number of hydrogen-bond acceptors (Lipinski definition) is 2. The maximum Gasteiger partial charge on any atom is 0.0302 e. The number of rotatable bonds is 5. The van der Waals surface area contributed by atoms with Gasteiger partial charge in [0.15, 0.2) is 0 Å². The van der Waals surface area contributed by atoms with E-state index in [4.69, 9.17) is 0 Å². The predicted octanol–water partition coefficient (Wildman–Crippen LogP) is 3.99. The van der Waals surface area contributed by atoms with Gasteiger partial charge in [-0.1, -0.05) is 12.1 Å². The molecule has 2 heteroatoms. The van der Waals surface area contributed by atoms with Crippen LogP contribution in [0, 0.1) is 5.92 Å². The molecule has 1 fully saturated rings. The smallest absolute Gasteiger partial charge is 0.0302 e. The Balaban J connectivity index is 1.49. The zero-order valence-electron chi connectivity index (χ0n) is 11.2. The molecule has 2 heterocycles. The lowest BCUT2D eigenvalue weighted by molar-refractivity contribution is 0.234. The van der Waals surface area contributed by atoms with Crippen LogP contribution in [-0.2, 0) is 6.42 Å². The van der Waals surface area contributed by atoms with Crippen molar-refractivity contribution in [3.8, 4) is 0 Å².